The van der Waals surface area contributed by atoms with Gasteiger partial charge < -0.3 is 9.47 Å². The van der Waals surface area contributed by atoms with E-state index in [4.69, 9.17) is 9.47 Å². The normalized spacial score (nSPS) is 10.7. The van der Waals surface area contributed by atoms with Crippen molar-refractivity contribution in [2.75, 3.05) is 13.2 Å². The van der Waals surface area contributed by atoms with E-state index in [1.807, 2.05) is 25.1 Å². The molecule has 3 nitrogen and oxygen atoms in total. The van der Waals surface area contributed by atoms with Crippen LogP contribution in [0, 0.1) is 5.92 Å². The van der Waals surface area contributed by atoms with E-state index in [2.05, 4.69) is 20.8 Å². The fourth-order valence-electron chi connectivity index (χ4n) is 1.91. The fraction of sp³-hybridized carbons (Fsp3) is 0.588. The van der Waals surface area contributed by atoms with Gasteiger partial charge in [0.1, 0.15) is 11.3 Å². The topological polar surface area (TPSA) is 35.5 Å². The van der Waals surface area contributed by atoms with Gasteiger partial charge in [-0.1, -0.05) is 33.3 Å². The average Bonchev–Trinajstić information content (AvgIpc) is 2.39. The largest absolute Gasteiger partial charge is 0.493 e. The van der Waals surface area contributed by atoms with Crippen LogP contribution in [0.4, 0.5) is 0 Å². The Morgan fingerprint density at radius 1 is 1.25 bits per heavy atom. The van der Waals surface area contributed by atoms with Crippen LogP contribution in [0.15, 0.2) is 18.2 Å². The first-order valence-corrected chi connectivity index (χ1v) is 7.51. The fourth-order valence-corrected chi connectivity index (χ4v) is 1.91. The zero-order valence-corrected chi connectivity index (χ0v) is 13.1. The van der Waals surface area contributed by atoms with Gasteiger partial charge in [-0.15, -0.1) is 0 Å². The van der Waals surface area contributed by atoms with Crippen molar-refractivity contribution in [1.82, 2.24) is 0 Å². The lowest BCUT2D eigenvalue weighted by atomic mass is 10.1. The van der Waals surface area contributed by atoms with Crippen molar-refractivity contribution in [3.8, 4) is 5.75 Å². The molecule has 0 saturated heterocycles. The Morgan fingerprint density at radius 3 is 2.60 bits per heavy atom. The Kier molecular flexibility index (Phi) is 7.13. The Labute approximate surface area is 122 Å². The summed E-state index contributed by atoms with van der Waals surface area (Å²) in [4.78, 5) is 11.9. The highest BCUT2D eigenvalue weighted by Crippen LogP contribution is 2.23. The molecule has 0 fully saturated rings. The van der Waals surface area contributed by atoms with Crippen LogP contribution < -0.4 is 4.74 Å². The summed E-state index contributed by atoms with van der Waals surface area (Å²) in [6, 6.07) is 5.76. The summed E-state index contributed by atoms with van der Waals surface area (Å²) in [5, 5.41) is 0. The standard InChI is InChI=1S/C17H26O3/c1-5-7-14-8-9-15(17(18)19-6-2)16(12-14)20-11-10-13(3)4/h8-9,12-13H,5-7,10-11H2,1-4H3. The minimum Gasteiger partial charge on any atom is -0.493 e. The Bertz CT molecular complexity index is 424. The maximum atomic E-state index is 11.9. The van der Waals surface area contributed by atoms with Crippen molar-refractivity contribution in [1.29, 1.82) is 0 Å². The van der Waals surface area contributed by atoms with Crippen molar-refractivity contribution in [3.05, 3.63) is 29.3 Å². The van der Waals surface area contributed by atoms with Gasteiger partial charge in [0.15, 0.2) is 0 Å². The Balaban J connectivity index is 2.87. The highest BCUT2D eigenvalue weighted by Gasteiger charge is 2.14. The maximum Gasteiger partial charge on any atom is 0.341 e. The minimum atomic E-state index is -0.310. The van der Waals surface area contributed by atoms with Gasteiger partial charge in [-0.3, -0.25) is 0 Å². The first-order valence-electron chi connectivity index (χ1n) is 7.51. The molecule has 0 saturated carbocycles. The number of aryl methyl sites for hydroxylation is 1. The molecule has 0 N–H and O–H groups in total. The lowest BCUT2D eigenvalue weighted by Gasteiger charge is -2.13. The zero-order valence-electron chi connectivity index (χ0n) is 13.1. The van der Waals surface area contributed by atoms with Crippen LogP contribution in [-0.4, -0.2) is 19.2 Å². The molecule has 0 aliphatic carbocycles. The van der Waals surface area contributed by atoms with Crippen LogP contribution in [0.1, 0.15) is 56.5 Å². The van der Waals surface area contributed by atoms with Gasteiger partial charge in [-0.2, -0.15) is 0 Å². The molecule has 0 bridgehead atoms. The third-order valence-corrected chi connectivity index (χ3v) is 3.03. The molecule has 0 atom stereocenters. The van der Waals surface area contributed by atoms with Gasteiger partial charge in [0.05, 0.1) is 13.2 Å². The molecule has 0 aromatic heterocycles. The summed E-state index contributed by atoms with van der Waals surface area (Å²) in [5.74, 6) is 0.921. The molecule has 20 heavy (non-hydrogen) atoms. The summed E-state index contributed by atoms with van der Waals surface area (Å²) in [6.07, 6.45) is 3.04. The van der Waals surface area contributed by atoms with Crippen molar-refractivity contribution in [2.24, 2.45) is 5.92 Å². The molecule has 0 unspecified atom stereocenters. The van der Waals surface area contributed by atoms with Gasteiger partial charge in [0.25, 0.3) is 0 Å². The minimum absolute atomic E-state index is 0.310. The molecule has 1 aromatic rings. The second-order valence-electron chi connectivity index (χ2n) is 5.33. The second kappa shape index (κ2) is 8.62. The van der Waals surface area contributed by atoms with Gasteiger partial charge in [-0.25, -0.2) is 4.79 Å². The summed E-state index contributed by atoms with van der Waals surface area (Å²) < 4.78 is 10.9. The quantitative estimate of drug-likeness (QED) is 0.667. The summed E-state index contributed by atoms with van der Waals surface area (Å²) in [5.41, 5.74) is 1.72. The van der Waals surface area contributed by atoms with Crippen molar-refractivity contribution >= 4 is 5.97 Å². The molecular formula is C17H26O3. The number of hydrogen-bond donors (Lipinski definition) is 0. The van der Waals surface area contributed by atoms with Gasteiger partial charge in [0, 0.05) is 0 Å². The van der Waals surface area contributed by atoms with Crippen LogP contribution >= 0.6 is 0 Å². The van der Waals surface area contributed by atoms with Crippen LogP contribution in [0.2, 0.25) is 0 Å². The van der Waals surface area contributed by atoms with Crippen molar-refractivity contribution in [2.45, 2.75) is 47.0 Å². The third kappa shape index (κ3) is 5.24. The predicted molar refractivity (Wildman–Crippen MR) is 81.3 cm³/mol. The number of benzene rings is 1. The molecule has 112 valence electrons. The smallest absolute Gasteiger partial charge is 0.341 e. The number of hydrogen-bond acceptors (Lipinski definition) is 3. The van der Waals surface area contributed by atoms with Gasteiger partial charge in [-0.05, 0) is 43.4 Å². The van der Waals surface area contributed by atoms with E-state index in [1.54, 1.807) is 0 Å². The first kappa shape index (κ1) is 16.5. The van der Waals surface area contributed by atoms with E-state index in [9.17, 15) is 4.79 Å². The third-order valence-electron chi connectivity index (χ3n) is 3.03. The zero-order chi connectivity index (χ0) is 15.0. The highest BCUT2D eigenvalue weighted by molar-refractivity contribution is 5.92. The maximum absolute atomic E-state index is 11.9. The lowest BCUT2D eigenvalue weighted by Crippen LogP contribution is -2.10. The molecular weight excluding hydrogens is 252 g/mol. The monoisotopic (exact) mass is 278 g/mol. The SMILES string of the molecule is CCCc1ccc(C(=O)OCC)c(OCCC(C)C)c1. The van der Waals surface area contributed by atoms with Gasteiger partial charge >= 0.3 is 5.97 Å². The molecule has 1 aromatic carbocycles. The summed E-state index contributed by atoms with van der Waals surface area (Å²) in [6.45, 7) is 9.26. The van der Waals surface area contributed by atoms with E-state index >= 15 is 0 Å². The molecule has 0 amide bonds. The molecule has 0 radical (unpaired) electrons. The number of carbonyl (C=O) groups is 1. The number of ether oxygens (including phenoxy) is 2. The first-order chi connectivity index (χ1) is 9.58. The lowest BCUT2D eigenvalue weighted by molar-refractivity contribution is 0.0521. The molecule has 0 aliphatic heterocycles. The average molecular weight is 278 g/mol. The van der Waals surface area contributed by atoms with Crippen LogP contribution in [0.25, 0.3) is 0 Å². The molecule has 0 spiro atoms. The van der Waals surface area contributed by atoms with Crippen molar-refractivity contribution < 1.29 is 14.3 Å². The van der Waals surface area contributed by atoms with Crippen LogP contribution in [0.5, 0.6) is 5.75 Å². The number of esters is 1. The predicted octanol–water partition coefficient (Wildman–Crippen LogP) is 4.24. The molecule has 0 heterocycles. The van der Waals surface area contributed by atoms with Crippen molar-refractivity contribution in [3.63, 3.8) is 0 Å². The Morgan fingerprint density at radius 2 is 2.00 bits per heavy atom. The number of carbonyl (C=O) groups excluding carboxylic acids is 1. The van der Waals surface area contributed by atoms with E-state index in [0.29, 0.717) is 30.4 Å². The van der Waals surface area contributed by atoms with E-state index < -0.39 is 0 Å². The van der Waals surface area contributed by atoms with E-state index in [1.165, 1.54) is 5.56 Å². The summed E-state index contributed by atoms with van der Waals surface area (Å²) in [7, 11) is 0. The molecule has 0 aliphatic rings. The van der Waals surface area contributed by atoms with Crippen LogP contribution in [-0.2, 0) is 11.2 Å². The van der Waals surface area contributed by atoms with Gasteiger partial charge in [0.2, 0.25) is 0 Å². The molecule has 3 heteroatoms. The number of rotatable bonds is 8. The van der Waals surface area contributed by atoms with Crippen LogP contribution in [0.3, 0.4) is 0 Å². The van der Waals surface area contributed by atoms with E-state index in [0.717, 1.165) is 19.3 Å². The highest BCUT2D eigenvalue weighted by atomic mass is 16.5. The molecule has 1 rings (SSSR count). The second-order valence-corrected chi connectivity index (χ2v) is 5.33. The Hall–Kier alpha value is -1.51. The summed E-state index contributed by atoms with van der Waals surface area (Å²) >= 11 is 0. The van der Waals surface area contributed by atoms with E-state index in [-0.39, 0.29) is 5.97 Å².